The van der Waals surface area contributed by atoms with E-state index in [1.807, 2.05) is 0 Å². The third-order valence-corrected chi connectivity index (χ3v) is 2.94. The Morgan fingerprint density at radius 1 is 1.31 bits per heavy atom. The highest BCUT2D eigenvalue weighted by Crippen LogP contribution is 2.15. The lowest BCUT2D eigenvalue weighted by atomic mass is 10.3. The van der Waals surface area contributed by atoms with Crippen LogP contribution in [0.1, 0.15) is 6.42 Å². The van der Waals surface area contributed by atoms with Gasteiger partial charge in [-0.05, 0) is 12.1 Å². The Balaban J connectivity index is 2.94. The summed E-state index contributed by atoms with van der Waals surface area (Å²) < 4.78 is 23.7. The summed E-state index contributed by atoms with van der Waals surface area (Å²) >= 11 is 0. The summed E-state index contributed by atoms with van der Waals surface area (Å²) in [4.78, 5) is 0. The van der Waals surface area contributed by atoms with Gasteiger partial charge in [0.15, 0.2) is 0 Å². The van der Waals surface area contributed by atoms with Crippen LogP contribution in [-0.2, 0) is 10.2 Å². The van der Waals surface area contributed by atoms with Crippen LogP contribution in [0.15, 0.2) is 30.3 Å². The molecule has 6 nitrogen and oxygen atoms in total. The lowest BCUT2D eigenvalue weighted by Crippen LogP contribution is -2.38. The molecule has 1 rings (SSSR count). The van der Waals surface area contributed by atoms with E-state index in [-0.39, 0.29) is 18.8 Å². The number of nitrogens with zero attached hydrogens (tertiary/aromatic N) is 1. The monoisotopic (exact) mass is 242 g/mol. The molecule has 0 fully saturated rings. The van der Waals surface area contributed by atoms with Gasteiger partial charge in [-0.1, -0.05) is 18.2 Å². The highest BCUT2D eigenvalue weighted by Gasteiger charge is 2.17. The van der Waals surface area contributed by atoms with E-state index in [0.717, 1.165) is 4.31 Å². The van der Waals surface area contributed by atoms with E-state index in [1.165, 1.54) is 0 Å². The van der Waals surface area contributed by atoms with Gasteiger partial charge in [0.25, 0.3) is 10.2 Å². The van der Waals surface area contributed by atoms with Crippen LogP contribution < -0.4 is 15.2 Å². The van der Waals surface area contributed by atoms with Gasteiger partial charge in [0.2, 0.25) is 0 Å². The molecule has 1 aromatic rings. The van der Waals surface area contributed by atoms with Crippen LogP contribution in [0.4, 0.5) is 5.69 Å². The standard InChI is InChI=1S/C9H14N4O2S/c10-9(11)6-7-13(16(12,14)15)8-4-2-1-3-5-8/h1-5H,6-7H2,(H3,10,11)(H2,12,14,15). The fourth-order valence-electron chi connectivity index (χ4n) is 1.22. The minimum Gasteiger partial charge on any atom is -0.388 e. The Hall–Kier alpha value is -1.60. The lowest BCUT2D eigenvalue weighted by molar-refractivity contribution is 0.593. The van der Waals surface area contributed by atoms with Crippen molar-refractivity contribution in [1.29, 1.82) is 5.41 Å². The summed E-state index contributed by atoms with van der Waals surface area (Å²) in [6, 6.07) is 8.45. The van der Waals surface area contributed by atoms with Crippen molar-refractivity contribution in [3.8, 4) is 0 Å². The SMILES string of the molecule is N=C(N)CCN(c1ccccc1)S(N)(=O)=O. The molecule has 0 bridgehead atoms. The molecule has 0 aliphatic heterocycles. The number of hydrogen-bond acceptors (Lipinski definition) is 3. The van der Waals surface area contributed by atoms with E-state index in [1.54, 1.807) is 30.3 Å². The second-order valence-corrected chi connectivity index (χ2v) is 4.70. The maximum atomic E-state index is 11.3. The number of rotatable bonds is 5. The molecule has 7 heteroatoms. The first-order valence-corrected chi connectivity index (χ1v) is 6.10. The van der Waals surface area contributed by atoms with Gasteiger partial charge < -0.3 is 5.73 Å². The quantitative estimate of drug-likeness (QED) is 0.499. The molecule has 0 atom stereocenters. The topological polar surface area (TPSA) is 113 Å². The smallest absolute Gasteiger partial charge is 0.299 e. The first-order chi connectivity index (χ1) is 7.41. The Bertz CT molecular complexity index is 458. The zero-order valence-electron chi connectivity index (χ0n) is 8.63. The van der Waals surface area contributed by atoms with Gasteiger partial charge in [0.1, 0.15) is 0 Å². The molecule has 5 N–H and O–H groups in total. The van der Waals surface area contributed by atoms with Crippen LogP contribution in [0.2, 0.25) is 0 Å². The molecular formula is C9H14N4O2S. The van der Waals surface area contributed by atoms with Crippen LogP contribution >= 0.6 is 0 Å². The average molecular weight is 242 g/mol. The van der Waals surface area contributed by atoms with Crippen LogP contribution in [0.5, 0.6) is 0 Å². The van der Waals surface area contributed by atoms with Gasteiger partial charge in [0.05, 0.1) is 11.5 Å². The lowest BCUT2D eigenvalue weighted by Gasteiger charge is -2.21. The normalized spacial score (nSPS) is 11.1. The number of anilines is 1. The molecule has 0 spiro atoms. The highest BCUT2D eigenvalue weighted by atomic mass is 32.2. The van der Waals surface area contributed by atoms with E-state index in [2.05, 4.69) is 0 Å². The largest absolute Gasteiger partial charge is 0.388 e. The van der Waals surface area contributed by atoms with E-state index >= 15 is 0 Å². The summed E-state index contributed by atoms with van der Waals surface area (Å²) in [5.41, 5.74) is 5.65. The number of benzene rings is 1. The summed E-state index contributed by atoms with van der Waals surface area (Å²) in [5.74, 6) is -0.0791. The number of nitrogens with one attached hydrogen (secondary N) is 1. The fourth-order valence-corrected chi connectivity index (χ4v) is 1.98. The molecule has 0 saturated carbocycles. The first-order valence-electron chi connectivity index (χ1n) is 4.59. The molecule has 0 aromatic heterocycles. The Kier molecular flexibility index (Phi) is 3.86. The third-order valence-electron chi connectivity index (χ3n) is 1.94. The Morgan fingerprint density at radius 3 is 2.31 bits per heavy atom. The zero-order valence-corrected chi connectivity index (χ0v) is 9.44. The molecule has 88 valence electrons. The summed E-state index contributed by atoms with van der Waals surface area (Å²) in [7, 11) is -3.83. The zero-order chi connectivity index (χ0) is 12.2. The molecule has 0 aliphatic carbocycles. The van der Waals surface area contributed by atoms with Gasteiger partial charge in [-0.3, -0.25) is 9.71 Å². The van der Waals surface area contributed by atoms with Crippen molar-refractivity contribution in [3.63, 3.8) is 0 Å². The predicted octanol–water partition coefficient (Wildman–Crippen LogP) is 0.0226. The van der Waals surface area contributed by atoms with Crippen LogP contribution in [0, 0.1) is 5.41 Å². The van der Waals surface area contributed by atoms with E-state index in [0.29, 0.717) is 5.69 Å². The molecule has 0 aliphatic rings. The maximum absolute atomic E-state index is 11.3. The van der Waals surface area contributed by atoms with E-state index in [9.17, 15) is 8.42 Å². The summed E-state index contributed by atoms with van der Waals surface area (Å²) in [5, 5.41) is 12.2. The van der Waals surface area contributed by atoms with Crippen molar-refractivity contribution < 1.29 is 8.42 Å². The van der Waals surface area contributed by atoms with Gasteiger partial charge in [-0.25, -0.2) is 5.14 Å². The van der Waals surface area contributed by atoms with Crippen molar-refractivity contribution in [3.05, 3.63) is 30.3 Å². The highest BCUT2D eigenvalue weighted by molar-refractivity contribution is 7.90. The third kappa shape index (κ3) is 3.52. The van der Waals surface area contributed by atoms with Crippen molar-refractivity contribution in [2.24, 2.45) is 10.9 Å². The Morgan fingerprint density at radius 2 is 1.88 bits per heavy atom. The van der Waals surface area contributed by atoms with E-state index < -0.39 is 10.2 Å². The second kappa shape index (κ2) is 4.95. The van der Waals surface area contributed by atoms with Gasteiger partial charge >= 0.3 is 0 Å². The molecule has 0 amide bonds. The Labute approximate surface area is 94.5 Å². The summed E-state index contributed by atoms with van der Waals surface area (Å²) in [6.07, 6.45) is 0.144. The molecule has 1 aromatic carbocycles. The van der Waals surface area contributed by atoms with Crippen LogP contribution in [0.3, 0.4) is 0 Å². The number of nitrogens with two attached hydrogens (primary N) is 2. The van der Waals surface area contributed by atoms with Crippen LogP contribution in [-0.4, -0.2) is 20.8 Å². The summed E-state index contributed by atoms with van der Waals surface area (Å²) in [6.45, 7) is 0.0676. The number of para-hydroxylation sites is 1. The van der Waals surface area contributed by atoms with Crippen molar-refractivity contribution in [2.75, 3.05) is 10.8 Å². The average Bonchev–Trinajstić information content (AvgIpc) is 2.17. The molecule has 0 heterocycles. The predicted molar refractivity (Wildman–Crippen MR) is 63.4 cm³/mol. The number of hydrogen-bond donors (Lipinski definition) is 3. The number of amidine groups is 1. The van der Waals surface area contributed by atoms with E-state index in [4.69, 9.17) is 16.3 Å². The molecule has 0 unspecified atom stereocenters. The van der Waals surface area contributed by atoms with Gasteiger partial charge in [-0.15, -0.1) is 0 Å². The molecule has 16 heavy (non-hydrogen) atoms. The minimum absolute atomic E-state index is 0.0676. The van der Waals surface area contributed by atoms with Crippen molar-refractivity contribution >= 4 is 21.7 Å². The minimum atomic E-state index is -3.83. The molecule has 0 radical (unpaired) electrons. The maximum Gasteiger partial charge on any atom is 0.299 e. The van der Waals surface area contributed by atoms with Crippen molar-refractivity contribution in [1.82, 2.24) is 0 Å². The van der Waals surface area contributed by atoms with Crippen LogP contribution in [0.25, 0.3) is 0 Å². The fraction of sp³-hybridized carbons (Fsp3) is 0.222. The molecule has 0 saturated heterocycles. The van der Waals surface area contributed by atoms with Gasteiger partial charge in [0, 0.05) is 13.0 Å². The molecular weight excluding hydrogens is 228 g/mol. The van der Waals surface area contributed by atoms with Gasteiger partial charge in [-0.2, -0.15) is 8.42 Å². The second-order valence-electron chi connectivity index (χ2n) is 3.23. The van der Waals surface area contributed by atoms with Crippen molar-refractivity contribution in [2.45, 2.75) is 6.42 Å². The first kappa shape index (κ1) is 12.5.